The zero-order chi connectivity index (χ0) is 32.7. The summed E-state index contributed by atoms with van der Waals surface area (Å²) in [5, 5.41) is 22.6. The Morgan fingerprint density at radius 3 is 2.33 bits per heavy atom. The number of aliphatic hydroxyl groups is 1. The van der Waals surface area contributed by atoms with Crippen molar-refractivity contribution in [3.63, 3.8) is 0 Å². The van der Waals surface area contributed by atoms with Gasteiger partial charge in [0.15, 0.2) is 6.10 Å². The molecular formula is C34H45ClN4O6. The third-order valence-electron chi connectivity index (χ3n) is 8.47. The highest BCUT2D eigenvalue weighted by atomic mass is 35.5. The zero-order valence-electron chi connectivity index (χ0n) is 26.3. The van der Waals surface area contributed by atoms with Gasteiger partial charge in [-0.15, -0.1) is 0 Å². The SMILES string of the molecule is CC(C)C[C@H](NC(=O)O[C@@H](c1ccccc1)C(C)(C)c1cccc(Cl)c1)C(=O)N[C@@H](C[C@@H]1CCNC1=O)C(O)C(=O)NC1CC1. The molecule has 1 saturated carbocycles. The predicted molar refractivity (Wildman–Crippen MR) is 171 cm³/mol. The van der Waals surface area contributed by atoms with Crippen molar-refractivity contribution in [2.45, 2.75) is 95.5 Å². The largest absolute Gasteiger partial charge is 0.440 e. The first-order chi connectivity index (χ1) is 21.3. The first-order valence-electron chi connectivity index (χ1n) is 15.7. The first-order valence-corrected chi connectivity index (χ1v) is 16.1. The molecule has 2 aromatic rings. The normalized spacial score (nSPS) is 19.2. The van der Waals surface area contributed by atoms with Crippen molar-refractivity contribution in [2.24, 2.45) is 11.8 Å². The van der Waals surface area contributed by atoms with Crippen LogP contribution in [0.2, 0.25) is 5.02 Å². The molecule has 0 radical (unpaired) electrons. The van der Waals surface area contributed by atoms with E-state index in [0.717, 1.165) is 24.0 Å². The molecule has 45 heavy (non-hydrogen) atoms. The van der Waals surface area contributed by atoms with Gasteiger partial charge in [-0.3, -0.25) is 14.4 Å². The van der Waals surface area contributed by atoms with E-state index >= 15 is 0 Å². The fourth-order valence-electron chi connectivity index (χ4n) is 5.71. The Hall–Kier alpha value is -3.63. The maximum absolute atomic E-state index is 13.7. The van der Waals surface area contributed by atoms with Gasteiger partial charge < -0.3 is 31.1 Å². The molecule has 1 aliphatic carbocycles. The van der Waals surface area contributed by atoms with E-state index in [-0.39, 0.29) is 30.7 Å². The van der Waals surface area contributed by atoms with Crippen LogP contribution in [0.15, 0.2) is 54.6 Å². The number of benzene rings is 2. The van der Waals surface area contributed by atoms with Crippen LogP contribution in [0.4, 0.5) is 4.79 Å². The molecule has 2 aromatic carbocycles. The zero-order valence-corrected chi connectivity index (χ0v) is 27.1. The number of halogens is 1. The maximum Gasteiger partial charge on any atom is 0.408 e. The molecule has 1 saturated heterocycles. The van der Waals surface area contributed by atoms with Crippen molar-refractivity contribution < 1.29 is 29.0 Å². The van der Waals surface area contributed by atoms with Crippen molar-refractivity contribution in [3.8, 4) is 0 Å². The molecular weight excluding hydrogens is 596 g/mol. The number of carbonyl (C=O) groups is 4. The van der Waals surface area contributed by atoms with Gasteiger partial charge in [0, 0.05) is 28.9 Å². The monoisotopic (exact) mass is 640 g/mol. The summed E-state index contributed by atoms with van der Waals surface area (Å²) in [5.41, 5.74) is 0.929. The number of aliphatic hydroxyl groups excluding tert-OH is 1. The highest BCUT2D eigenvalue weighted by molar-refractivity contribution is 6.30. The molecule has 4 amide bonds. The van der Waals surface area contributed by atoms with Gasteiger partial charge in [-0.2, -0.15) is 0 Å². The van der Waals surface area contributed by atoms with E-state index < -0.39 is 53.5 Å². The second kappa shape index (κ2) is 15.1. The number of hydrogen-bond donors (Lipinski definition) is 5. The lowest BCUT2D eigenvalue weighted by atomic mass is 9.76. The average Bonchev–Trinajstić information content (AvgIpc) is 3.73. The summed E-state index contributed by atoms with van der Waals surface area (Å²) >= 11 is 6.30. The first kappa shape index (κ1) is 34.2. The predicted octanol–water partition coefficient (Wildman–Crippen LogP) is 4.15. The van der Waals surface area contributed by atoms with E-state index in [0.29, 0.717) is 18.0 Å². The lowest BCUT2D eigenvalue weighted by molar-refractivity contribution is -0.134. The van der Waals surface area contributed by atoms with Crippen LogP contribution in [-0.2, 0) is 24.5 Å². The van der Waals surface area contributed by atoms with Crippen LogP contribution in [-0.4, -0.2) is 59.7 Å². The Morgan fingerprint density at radius 2 is 1.73 bits per heavy atom. The van der Waals surface area contributed by atoms with E-state index in [4.69, 9.17) is 16.3 Å². The van der Waals surface area contributed by atoms with E-state index in [1.165, 1.54) is 0 Å². The number of amides is 4. The summed E-state index contributed by atoms with van der Waals surface area (Å²) in [6.07, 6.45) is -0.529. The number of hydrogen-bond acceptors (Lipinski definition) is 6. The molecule has 0 aromatic heterocycles. The third-order valence-corrected chi connectivity index (χ3v) is 8.70. The average molecular weight is 641 g/mol. The molecule has 5 atom stereocenters. The topological polar surface area (TPSA) is 146 Å². The van der Waals surface area contributed by atoms with Gasteiger partial charge in [0.1, 0.15) is 12.1 Å². The summed E-state index contributed by atoms with van der Waals surface area (Å²) < 4.78 is 6.08. The molecule has 11 heteroatoms. The fourth-order valence-corrected chi connectivity index (χ4v) is 5.90. The summed E-state index contributed by atoms with van der Waals surface area (Å²) in [6, 6.07) is 14.7. The van der Waals surface area contributed by atoms with Gasteiger partial charge in [0.25, 0.3) is 5.91 Å². The van der Waals surface area contributed by atoms with Crippen LogP contribution in [0.5, 0.6) is 0 Å². The fraction of sp³-hybridized carbons (Fsp3) is 0.529. The molecule has 1 heterocycles. The molecule has 4 rings (SSSR count). The summed E-state index contributed by atoms with van der Waals surface area (Å²) in [5.74, 6) is -1.80. The summed E-state index contributed by atoms with van der Waals surface area (Å²) in [6.45, 7) is 8.24. The van der Waals surface area contributed by atoms with E-state index in [1.54, 1.807) is 6.07 Å². The van der Waals surface area contributed by atoms with Crippen LogP contribution in [0.25, 0.3) is 0 Å². The van der Waals surface area contributed by atoms with E-state index in [9.17, 15) is 24.3 Å². The quantitative estimate of drug-likeness (QED) is 0.210. The second-order valence-corrected chi connectivity index (χ2v) is 13.5. The minimum absolute atomic E-state index is 0.0102. The Bertz CT molecular complexity index is 1350. The molecule has 0 spiro atoms. The van der Waals surface area contributed by atoms with Crippen LogP contribution >= 0.6 is 11.6 Å². The Balaban J connectivity index is 1.52. The highest BCUT2D eigenvalue weighted by Gasteiger charge is 2.39. The van der Waals surface area contributed by atoms with Crippen LogP contribution in [0, 0.1) is 11.8 Å². The van der Waals surface area contributed by atoms with Crippen molar-refractivity contribution in [2.75, 3.05) is 6.54 Å². The molecule has 2 aliphatic rings. The van der Waals surface area contributed by atoms with Crippen LogP contribution in [0.1, 0.15) is 77.0 Å². The van der Waals surface area contributed by atoms with Gasteiger partial charge in [-0.25, -0.2) is 4.79 Å². The smallest absolute Gasteiger partial charge is 0.408 e. The molecule has 0 bridgehead atoms. The van der Waals surface area contributed by atoms with Crippen LogP contribution < -0.4 is 21.3 Å². The second-order valence-electron chi connectivity index (χ2n) is 13.1. The van der Waals surface area contributed by atoms with Crippen molar-refractivity contribution in [1.29, 1.82) is 0 Å². The summed E-state index contributed by atoms with van der Waals surface area (Å²) in [4.78, 5) is 52.4. The summed E-state index contributed by atoms with van der Waals surface area (Å²) in [7, 11) is 0. The molecule has 10 nitrogen and oxygen atoms in total. The molecule has 2 fully saturated rings. The maximum atomic E-state index is 13.7. The minimum Gasteiger partial charge on any atom is -0.440 e. The van der Waals surface area contributed by atoms with E-state index in [2.05, 4.69) is 21.3 Å². The van der Waals surface area contributed by atoms with Gasteiger partial charge in [-0.1, -0.05) is 81.8 Å². The van der Waals surface area contributed by atoms with Crippen molar-refractivity contribution in [3.05, 3.63) is 70.7 Å². The Labute approximate surface area is 270 Å². The van der Waals surface area contributed by atoms with Crippen molar-refractivity contribution >= 4 is 35.4 Å². The molecule has 244 valence electrons. The van der Waals surface area contributed by atoms with Gasteiger partial charge in [0.05, 0.1) is 6.04 Å². The number of nitrogens with one attached hydrogen (secondary N) is 4. The Morgan fingerprint density at radius 1 is 1.02 bits per heavy atom. The van der Waals surface area contributed by atoms with Gasteiger partial charge in [0.2, 0.25) is 11.8 Å². The molecule has 1 unspecified atom stereocenters. The Kier molecular flexibility index (Phi) is 11.5. The number of ether oxygens (including phenoxy) is 1. The minimum atomic E-state index is -1.56. The standard InChI is InChI=1S/C34H45ClN4O6/c1-20(2)17-27(31(42)38-26(18-22-15-16-36-30(22)41)28(40)32(43)37-25-13-14-25)39-33(44)45-29(21-9-6-5-7-10-21)34(3,4)23-11-8-12-24(35)19-23/h5-12,19-20,22,25-29,40H,13-18H2,1-4H3,(H,36,41)(H,37,43)(H,38,42)(H,39,44)/t22-,26-,27-,28?,29-/m0/s1. The number of rotatable bonds is 14. The van der Waals surface area contributed by atoms with E-state index in [1.807, 2.05) is 76.2 Å². The highest BCUT2D eigenvalue weighted by Crippen LogP contribution is 2.40. The molecule has 5 N–H and O–H groups in total. The number of carbonyl (C=O) groups excluding carboxylic acids is 4. The lowest BCUT2D eigenvalue weighted by Crippen LogP contribution is -2.56. The lowest BCUT2D eigenvalue weighted by Gasteiger charge is -2.35. The molecule has 1 aliphatic heterocycles. The van der Waals surface area contributed by atoms with Gasteiger partial charge in [-0.05, 0) is 61.3 Å². The van der Waals surface area contributed by atoms with Gasteiger partial charge >= 0.3 is 6.09 Å². The van der Waals surface area contributed by atoms with Crippen LogP contribution in [0.3, 0.4) is 0 Å². The third kappa shape index (κ3) is 9.43. The number of alkyl carbamates (subject to hydrolysis) is 1. The van der Waals surface area contributed by atoms with Crippen molar-refractivity contribution in [1.82, 2.24) is 21.3 Å².